The average Bonchev–Trinajstić information content (AvgIpc) is 2.91. The minimum atomic E-state index is -1.88. The third-order valence-corrected chi connectivity index (χ3v) is 11.0. The maximum absolute atomic E-state index is 5.99. The summed E-state index contributed by atoms with van der Waals surface area (Å²) < 4.78 is 0. The SMILES string of the molecule is CC1(N)C=CC(c2ccccc2)=CC1.C[PH](c1ccccc1)(c1ccccc1)c1ccccc1. The molecule has 1 nitrogen and oxygen atoms in total. The van der Waals surface area contributed by atoms with E-state index >= 15 is 0 Å². The van der Waals surface area contributed by atoms with Gasteiger partial charge in [0.2, 0.25) is 0 Å². The van der Waals surface area contributed by atoms with Crippen LogP contribution in [0, 0.1) is 0 Å². The summed E-state index contributed by atoms with van der Waals surface area (Å²) >= 11 is 0. The van der Waals surface area contributed by atoms with Crippen molar-refractivity contribution in [1.29, 1.82) is 0 Å². The number of allylic oxidation sites excluding steroid dienone is 2. The van der Waals surface area contributed by atoms with Gasteiger partial charge < -0.3 is 5.73 Å². The van der Waals surface area contributed by atoms with E-state index in [0.717, 1.165) is 6.42 Å². The first kappa shape index (κ1) is 23.9. The minimum absolute atomic E-state index is 0.168. The van der Waals surface area contributed by atoms with Crippen LogP contribution in [0.3, 0.4) is 0 Å². The van der Waals surface area contributed by atoms with Crippen molar-refractivity contribution >= 4 is 28.7 Å². The first-order valence-corrected chi connectivity index (χ1v) is 14.4. The maximum atomic E-state index is 5.99. The standard InChI is InChI=1S/C19H19P.C13H15N/c1-20(17-11-5-2-6-12-17,18-13-7-3-8-14-18)19-15-9-4-10-16-19;1-13(14)9-7-12(8-10-13)11-5-3-2-4-6-11/h2-16,20H,1H3;2-9H,10,14H2,1H3. The van der Waals surface area contributed by atoms with Crippen LogP contribution in [-0.2, 0) is 0 Å². The summed E-state index contributed by atoms with van der Waals surface area (Å²) in [5.74, 6) is 0. The number of hydrogen-bond acceptors (Lipinski definition) is 1. The summed E-state index contributed by atoms with van der Waals surface area (Å²) in [6, 6.07) is 43.2. The zero-order valence-corrected chi connectivity index (χ0v) is 21.1. The second-order valence-corrected chi connectivity index (χ2v) is 13.3. The van der Waals surface area contributed by atoms with Crippen LogP contribution in [-0.4, -0.2) is 12.2 Å². The Balaban J connectivity index is 0.000000172. The Bertz CT molecular complexity index is 1130. The summed E-state index contributed by atoms with van der Waals surface area (Å²) in [7, 11) is -1.88. The number of hydrogen-bond donors (Lipinski definition) is 1. The summed E-state index contributed by atoms with van der Waals surface area (Å²) in [5.41, 5.74) is 8.35. The van der Waals surface area contributed by atoms with Crippen molar-refractivity contribution < 1.29 is 0 Å². The van der Waals surface area contributed by atoms with Crippen molar-refractivity contribution in [3.63, 3.8) is 0 Å². The van der Waals surface area contributed by atoms with Crippen LogP contribution in [0.1, 0.15) is 18.9 Å². The third-order valence-electron chi connectivity index (χ3n) is 6.57. The van der Waals surface area contributed by atoms with Crippen LogP contribution in [0.2, 0.25) is 0 Å². The molecule has 1 aliphatic carbocycles. The Kier molecular flexibility index (Phi) is 7.58. The molecular weight excluding hydrogens is 429 g/mol. The monoisotopic (exact) mass is 463 g/mol. The molecule has 2 heteroatoms. The van der Waals surface area contributed by atoms with Gasteiger partial charge in [-0.2, -0.15) is 0 Å². The Morgan fingerprint density at radius 3 is 1.35 bits per heavy atom. The molecule has 0 saturated carbocycles. The second-order valence-electron chi connectivity index (χ2n) is 9.29. The Labute approximate surface area is 205 Å². The Morgan fingerprint density at radius 1 is 0.618 bits per heavy atom. The van der Waals surface area contributed by atoms with Crippen molar-refractivity contribution in [2.45, 2.75) is 18.9 Å². The fraction of sp³-hybridized carbons (Fsp3) is 0.125. The van der Waals surface area contributed by atoms with E-state index in [2.05, 4.69) is 140 Å². The van der Waals surface area contributed by atoms with Gasteiger partial charge in [-0.25, -0.2) is 0 Å². The molecule has 172 valence electrons. The van der Waals surface area contributed by atoms with E-state index in [4.69, 9.17) is 5.73 Å². The van der Waals surface area contributed by atoms with Crippen LogP contribution < -0.4 is 21.6 Å². The van der Waals surface area contributed by atoms with Gasteiger partial charge in [-0.15, -0.1) is 0 Å². The quantitative estimate of drug-likeness (QED) is 0.364. The summed E-state index contributed by atoms with van der Waals surface area (Å²) in [5, 5.41) is 4.37. The van der Waals surface area contributed by atoms with Crippen LogP contribution >= 0.6 is 7.26 Å². The van der Waals surface area contributed by atoms with Crippen LogP contribution in [0.5, 0.6) is 0 Å². The van der Waals surface area contributed by atoms with E-state index in [1.54, 1.807) is 0 Å². The van der Waals surface area contributed by atoms with Crippen molar-refractivity contribution in [2.75, 3.05) is 6.66 Å². The van der Waals surface area contributed by atoms with Crippen LogP contribution in [0.15, 0.2) is 140 Å². The Morgan fingerprint density at radius 2 is 1.00 bits per heavy atom. The molecule has 4 aromatic carbocycles. The van der Waals surface area contributed by atoms with Crippen LogP contribution in [0.4, 0.5) is 0 Å². The fourth-order valence-corrected chi connectivity index (χ4v) is 7.98. The van der Waals surface area contributed by atoms with Gasteiger partial charge in [0.05, 0.1) is 0 Å². The molecule has 34 heavy (non-hydrogen) atoms. The van der Waals surface area contributed by atoms with Gasteiger partial charge in [0, 0.05) is 5.54 Å². The van der Waals surface area contributed by atoms with E-state index in [9.17, 15) is 0 Å². The molecule has 0 amide bonds. The van der Waals surface area contributed by atoms with Crippen LogP contribution in [0.25, 0.3) is 5.57 Å². The summed E-state index contributed by atoms with van der Waals surface area (Å²) in [4.78, 5) is 0. The van der Waals surface area contributed by atoms with Crippen molar-refractivity contribution in [1.82, 2.24) is 0 Å². The summed E-state index contributed by atoms with van der Waals surface area (Å²) in [6.45, 7) is 4.48. The molecule has 0 bridgehead atoms. The number of nitrogens with two attached hydrogens (primary N) is 1. The zero-order valence-electron chi connectivity index (χ0n) is 20.1. The van der Waals surface area contributed by atoms with E-state index in [-0.39, 0.29) is 5.54 Å². The van der Waals surface area contributed by atoms with Crippen molar-refractivity contribution in [2.24, 2.45) is 5.73 Å². The molecule has 0 aromatic heterocycles. The van der Waals surface area contributed by atoms with Gasteiger partial charge in [-0.1, -0.05) is 48.6 Å². The molecule has 2 N–H and O–H groups in total. The molecule has 1 atom stereocenters. The van der Waals surface area contributed by atoms with E-state index < -0.39 is 7.26 Å². The molecule has 0 spiro atoms. The topological polar surface area (TPSA) is 26.0 Å². The molecule has 0 aliphatic heterocycles. The van der Waals surface area contributed by atoms with Gasteiger partial charge >= 0.3 is 121 Å². The van der Waals surface area contributed by atoms with E-state index in [1.165, 1.54) is 27.1 Å². The predicted molar refractivity (Wildman–Crippen MR) is 153 cm³/mol. The molecule has 1 unspecified atom stereocenters. The molecule has 0 radical (unpaired) electrons. The zero-order chi connectivity index (χ0) is 23.9. The van der Waals surface area contributed by atoms with E-state index in [0.29, 0.717) is 0 Å². The van der Waals surface area contributed by atoms with Gasteiger partial charge in [-0.05, 0) is 24.5 Å². The molecular formula is C32H34NP. The molecule has 4 aromatic rings. The van der Waals surface area contributed by atoms with Gasteiger partial charge in [0.15, 0.2) is 0 Å². The number of rotatable bonds is 4. The molecule has 0 saturated heterocycles. The molecule has 1 aliphatic rings. The molecule has 0 fully saturated rings. The Hall–Kier alpha value is -3.25. The second kappa shape index (κ2) is 10.8. The van der Waals surface area contributed by atoms with Crippen molar-refractivity contribution in [3.05, 3.63) is 145 Å². The predicted octanol–water partition coefficient (Wildman–Crippen LogP) is 6.09. The van der Waals surface area contributed by atoms with E-state index in [1.807, 2.05) is 13.0 Å². The third kappa shape index (κ3) is 5.62. The van der Waals surface area contributed by atoms with Gasteiger partial charge in [0.25, 0.3) is 0 Å². The first-order chi connectivity index (χ1) is 16.5. The number of benzene rings is 4. The average molecular weight is 464 g/mol. The van der Waals surface area contributed by atoms with Crippen molar-refractivity contribution in [3.8, 4) is 0 Å². The molecule has 0 heterocycles. The fourth-order valence-electron chi connectivity index (χ4n) is 4.41. The summed E-state index contributed by atoms with van der Waals surface area (Å²) in [6.07, 6.45) is 7.30. The van der Waals surface area contributed by atoms with Gasteiger partial charge in [0.1, 0.15) is 0 Å². The van der Waals surface area contributed by atoms with Gasteiger partial charge in [-0.3, -0.25) is 0 Å². The molecule has 5 rings (SSSR count). The normalized spacial score (nSPS) is 17.8. The first-order valence-electron chi connectivity index (χ1n) is 11.9.